The molecular formula is C53H94NO8P. The SMILES string of the molecule is CC/C=C\C/C=C\C/C=C\C/C=C\C/C=C\C/C=C\CCCCCCCCCCCCC(=O)OC(COC(=O)CCCCCCCCCCCC)COP(=O)([O-])OCC[N+](C)(C)C. The molecule has 0 bridgehead atoms. The molecule has 0 aromatic carbocycles. The van der Waals surface area contributed by atoms with Crippen molar-refractivity contribution in [2.45, 2.75) is 206 Å². The van der Waals surface area contributed by atoms with Gasteiger partial charge in [0.1, 0.15) is 19.8 Å². The van der Waals surface area contributed by atoms with Crippen molar-refractivity contribution < 1.29 is 42.1 Å². The van der Waals surface area contributed by atoms with Crippen LogP contribution in [0.5, 0.6) is 0 Å². The van der Waals surface area contributed by atoms with E-state index in [-0.39, 0.29) is 32.0 Å². The molecule has 9 nitrogen and oxygen atoms in total. The van der Waals surface area contributed by atoms with Crippen LogP contribution in [0.4, 0.5) is 0 Å². The van der Waals surface area contributed by atoms with Gasteiger partial charge in [0.25, 0.3) is 7.82 Å². The van der Waals surface area contributed by atoms with Gasteiger partial charge in [0.15, 0.2) is 6.10 Å². The van der Waals surface area contributed by atoms with E-state index in [9.17, 15) is 19.0 Å². The molecule has 0 aliphatic rings. The van der Waals surface area contributed by atoms with Crippen molar-refractivity contribution in [3.05, 3.63) is 72.9 Å². The van der Waals surface area contributed by atoms with Crippen LogP contribution in [0.2, 0.25) is 0 Å². The summed E-state index contributed by atoms with van der Waals surface area (Å²) in [5.41, 5.74) is 0. The third-order valence-electron chi connectivity index (χ3n) is 10.5. The van der Waals surface area contributed by atoms with E-state index in [0.29, 0.717) is 17.4 Å². The number of quaternary nitrogens is 1. The Labute approximate surface area is 387 Å². The molecule has 0 aromatic rings. The fraction of sp³-hybridized carbons (Fsp3) is 0.736. The molecule has 0 heterocycles. The van der Waals surface area contributed by atoms with E-state index in [1.54, 1.807) is 0 Å². The second kappa shape index (κ2) is 44.6. The number of hydrogen-bond acceptors (Lipinski definition) is 8. The van der Waals surface area contributed by atoms with Crippen LogP contribution >= 0.6 is 7.82 Å². The summed E-state index contributed by atoms with van der Waals surface area (Å²) in [6, 6.07) is 0. The summed E-state index contributed by atoms with van der Waals surface area (Å²) in [4.78, 5) is 37.6. The summed E-state index contributed by atoms with van der Waals surface area (Å²) in [7, 11) is 1.16. The Morgan fingerprint density at radius 2 is 0.905 bits per heavy atom. The van der Waals surface area contributed by atoms with Gasteiger partial charge in [-0.1, -0.05) is 196 Å². The molecule has 0 fully saturated rings. The van der Waals surface area contributed by atoms with Gasteiger partial charge in [0.2, 0.25) is 0 Å². The zero-order valence-electron chi connectivity index (χ0n) is 41.0. The molecule has 0 radical (unpaired) electrons. The fourth-order valence-electron chi connectivity index (χ4n) is 6.60. The van der Waals surface area contributed by atoms with E-state index in [1.165, 1.54) is 83.5 Å². The molecule has 0 aliphatic heterocycles. The van der Waals surface area contributed by atoms with E-state index >= 15 is 0 Å². The minimum atomic E-state index is -4.63. The third kappa shape index (κ3) is 48.7. The summed E-state index contributed by atoms with van der Waals surface area (Å²) in [5.74, 6) is -0.842. The van der Waals surface area contributed by atoms with Crippen molar-refractivity contribution in [3.8, 4) is 0 Å². The number of phosphoric ester groups is 1. The van der Waals surface area contributed by atoms with Crippen molar-refractivity contribution in [1.82, 2.24) is 0 Å². The highest BCUT2D eigenvalue weighted by Crippen LogP contribution is 2.38. The van der Waals surface area contributed by atoms with Crippen LogP contribution < -0.4 is 4.89 Å². The normalized spacial score (nSPS) is 14.1. The Hall–Kier alpha value is -2.55. The maximum absolute atomic E-state index is 12.7. The molecular weight excluding hydrogens is 810 g/mol. The van der Waals surface area contributed by atoms with Crippen LogP contribution in [0.15, 0.2) is 72.9 Å². The number of carbonyl (C=O) groups excluding carboxylic acids is 2. The standard InChI is InChI=1S/C53H94NO8P/c1-6-8-10-12-14-16-18-19-20-21-22-23-24-25-26-27-28-29-30-31-32-33-34-35-36-38-40-42-44-46-53(56)62-51(50-61-63(57,58)60-48-47-54(3,4)5)49-59-52(55)45-43-41-39-37-17-15-13-11-9-7-2/h8,10,14,16,19-20,22-23,25-26,28-29,51H,6-7,9,11-13,15,17-18,21,24,27,30-50H2,1-5H3/b10-8-,16-14-,20-19-,23-22-,26-25-,29-28-. The topological polar surface area (TPSA) is 111 Å². The van der Waals surface area contributed by atoms with Gasteiger partial charge >= 0.3 is 11.9 Å². The highest BCUT2D eigenvalue weighted by Gasteiger charge is 2.21. The largest absolute Gasteiger partial charge is 0.756 e. The summed E-state index contributed by atoms with van der Waals surface area (Å²) >= 11 is 0. The van der Waals surface area contributed by atoms with Gasteiger partial charge in [-0.3, -0.25) is 14.2 Å². The number of carbonyl (C=O) groups is 2. The molecule has 0 spiro atoms. The Morgan fingerprint density at radius 1 is 0.508 bits per heavy atom. The number of unbranched alkanes of at least 4 members (excludes halogenated alkanes) is 19. The highest BCUT2D eigenvalue weighted by molar-refractivity contribution is 7.45. The number of hydrogen-bond donors (Lipinski definition) is 0. The quantitative estimate of drug-likeness (QED) is 0.0195. The second-order valence-corrected chi connectivity index (χ2v) is 19.2. The first-order chi connectivity index (χ1) is 30.5. The molecule has 0 N–H and O–H groups in total. The smallest absolute Gasteiger partial charge is 0.306 e. The lowest BCUT2D eigenvalue weighted by Gasteiger charge is -2.28. The first kappa shape index (κ1) is 60.5. The minimum Gasteiger partial charge on any atom is -0.756 e. The first-order valence-electron chi connectivity index (χ1n) is 25.1. The molecule has 63 heavy (non-hydrogen) atoms. The number of allylic oxidation sites excluding steroid dienone is 12. The van der Waals surface area contributed by atoms with E-state index in [1.807, 2.05) is 21.1 Å². The van der Waals surface area contributed by atoms with Crippen molar-refractivity contribution in [1.29, 1.82) is 0 Å². The van der Waals surface area contributed by atoms with Gasteiger partial charge < -0.3 is 27.9 Å². The molecule has 364 valence electrons. The molecule has 0 aromatic heterocycles. The number of phosphoric acid groups is 1. The highest BCUT2D eigenvalue weighted by atomic mass is 31.2. The van der Waals surface area contributed by atoms with Gasteiger partial charge in [-0.25, -0.2) is 0 Å². The first-order valence-corrected chi connectivity index (χ1v) is 26.6. The molecule has 10 heteroatoms. The van der Waals surface area contributed by atoms with Gasteiger partial charge in [-0.05, 0) is 64.2 Å². The van der Waals surface area contributed by atoms with Crippen LogP contribution in [-0.2, 0) is 32.7 Å². The number of ether oxygens (including phenoxy) is 2. The average Bonchev–Trinajstić information content (AvgIpc) is 3.24. The summed E-state index contributed by atoms with van der Waals surface area (Å²) < 4.78 is 33.9. The lowest BCUT2D eigenvalue weighted by atomic mass is 10.0. The molecule has 0 amide bonds. The van der Waals surface area contributed by atoms with E-state index in [4.69, 9.17) is 18.5 Å². The molecule has 0 aliphatic carbocycles. The van der Waals surface area contributed by atoms with Crippen molar-refractivity contribution in [2.75, 3.05) is 47.5 Å². The van der Waals surface area contributed by atoms with Gasteiger partial charge in [0.05, 0.1) is 27.7 Å². The van der Waals surface area contributed by atoms with E-state index < -0.39 is 26.5 Å². The Morgan fingerprint density at radius 3 is 1.35 bits per heavy atom. The maximum Gasteiger partial charge on any atom is 0.306 e. The molecule has 0 saturated carbocycles. The molecule has 0 rings (SSSR count). The predicted octanol–water partition coefficient (Wildman–Crippen LogP) is 14.3. The Bertz CT molecular complexity index is 1300. The van der Waals surface area contributed by atoms with Crippen molar-refractivity contribution in [3.63, 3.8) is 0 Å². The predicted molar refractivity (Wildman–Crippen MR) is 263 cm³/mol. The lowest BCUT2D eigenvalue weighted by Crippen LogP contribution is -2.37. The van der Waals surface area contributed by atoms with Crippen LogP contribution in [-0.4, -0.2) is 70.0 Å². The van der Waals surface area contributed by atoms with E-state index in [0.717, 1.165) is 83.5 Å². The number of nitrogens with zero attached hydrogens (tertiary/aromatic N) is 1. The maximum atomic E-state index is 12.7. The number of likely N-dealkylation sites (N-methyl/N-ethyl adjacent to an activating group) is 1. The van der Waals surface area contributed by atoms with Crippen LogP contribution in [0.1, 0.15) is 200 Å². The zero-order valence-corrected chi connectivity index (χ0v) is 41.9. The van der Waals surface area contributed by atoms with Crippen LogP contribution in [0.25, 0.3) is 0 Å². The van der Waals surface area contributed by atoms with Gasteiger partial charge in [-0.2, -0.15) is 0 Å². The molecule has 2 unspecified atom stereocenters. The van der Waals surface area contributed by atoms with Crippen LogP contribution in [0, 0.1) is 0 Å². The van der Waals surface area contributed by atoms with E-state index in [2.05, 4.69) is 86.8 Å². The van der Waals surface area contributed by atoms with Crippen molar-refractivity contribution in [2.24, 2.45) is 0 Å². The monoisotopic (exact) mass is 904 g/mol. The third-order valence-corrected chi connectivity index (χ3v) is 11.5. The Balaban J connectivity index is 4.15. The minimum absolute atomic E-state index is 0.0334. The average molecular weight is 904 g/mol. The van der Waals surface area contributed by atoms with Gasteiger partial charge in [-0.15, -0.1) is 0 Å². The second-order valence-electron chi connectivity index (χ2n) is 17.8. The molecule has 0 saturated heterocycles. The van der Waals surface area contributed by atoms with Gasteiger partial charge in [0, 0.05) is 12.8 Å². The van der Waals surface area contributed by atoms with Crippen LogP contribution in [0.3, 0.4) is 0 Å². The zero-order chi connectivity index (χ0) is 46.4. The summed E-state index contributed by atoms with van der Waals surface area (Å²) in [5, 5.41) is 0. The fourth-order valence-corrected chi connectivity index (χ4v) is 7.33. The number of esters is 2. The van der Waals surface area contributed by atoms with Crippen molar-refractivity contribution >= 4 is 19.8 Å². The molecule has 2 atom stereocenters. The number of rotatable bonds is 45. The Kier molecular flexibility index (Phi) is 42.8. The summed E-state index contributed by atoms with van der Waals surface area (Å²) in [6.45, 7) is 4.09. The summed E-state index contributed by atoms with van der Waals surface area (Å²) in [6.07, 6.45) is 56.6. The lowest BCUT2D eigenvalue weighted by molar-refractivity contribution is -0.870.